The number of aromatic amines is 1. The van der Waals surface area contributed by atoms with Crippen molar-refractivity contribution in [3.8, 4) is 0 Å². The van der Waals surface area contributed by atoms with Crippen molar-refractivity contribution in [1.29, 1.82) is 5.41 Å². The van der Waals surface area contributed by atoms with Crippen LogP contribution >= 0.6 is 12.6 Å². The van der Waals surface area contributed by atoms with Crippen molar-refractivity contribution in [2.75, 3.05) is 58.2 Å². The van der Waals surface area contributed by atoms with Gasteiger partial charge in [-0.1, -0.05) is 36.8 Å². The van der Waals surface area contributed by atoms with Crippen LogP contribution in [-0.2, 0) is 109 Å². The number of imidazole rings is 1. The first-order valence-electron chi connectivity index (χ1n) is 41.7. The molecule has 0 aliphatic carbocycles. The smallest absolute Gasteiger partial charge is 0.326 e. The number of H-pyrrole nitrogens is 1. The summed E-state index contributed by atoms with van der Waals surface area (Å²) in [4.78, 5) is 279. The minimum atomic E-state index is -2.08. The number of carbonyl (C=O) groups excluding carboxylic acids is 17. The number of carboxylic acids is 3. The third kappa shape index (κ3) is 37.8. The number of rotatable bonds is 60. The molecular weight excluding hydrogens is 1710 g/mol. The number of hydrogen-bond donors (Lipinski definition) is 28. The summed E-state index contributed by atoms with van der Waals surface area (Å²) < 4.78 is 0. The lowest BCUT2D eigenvalue weighted by Gasteiger charge is -2.33. The number of carbonyl (C=O) groups is 20. The number of aliphatic hydroxyl groups is 1. The summed E-state index contributed by atoms with van der Waals surface area (Å²) in [6.07, 6.45) is 0.440. The molecule has 1 aromatic carbocycles. The molecule has 710 valence electrons. The Labute approximate surface area is 741 Å². The van der Waals surface area contributed by atoms with Gasteiger partial charge in [-0.3, -0.25) is 96.5 Å². The summed E-state index contributed by atoms with van der Waals surface area (Å²) in [5.74, 6) is -23.7. The number of aliphatic hydroxyl groups excluding tert-OH is 1. The summed E-state index contributed by atoms with van der Waals surface area (Å²) >= 11 is 4.15. The second kappa shape index (κ2) is 56.4. The molecule has 51 heteroatoms. The highest BCUT2D eigenvalue weighted by Gasteiger charge is 2.46. The number of nitrogens with zero attached hydrogens (tertiary/aromatic N) is 3. The number of unbranched alkanes of at least 4 members (excludes halogenated alkanes) is 3. The zero-order chi connectivity index (χ0) is 95.3. The quantitative estimate of drug-likeness (QED) is 0.0127. The second-order valence-corrected chi connectivity index (χ2v) is 30.9. The number of nitrogens with one attached hydrogen (secondary N) is 16. The first-order valence-corrected chi connectivity index (χ1v) is 42.3. The molecule has 0 spiro atoms. The molecule has 17 amide bonds. The molecule has 1 aromatic heterocycles. The van der Waals surface area contributed by atoms with Gasteiger partial charge in [0.15, 0.2) is 5.96 Å². The molecule has 0 bridgehead atoms. The molecule has 0 unspecified atom stereocenters. The van der Waals surface area contributed by atoms with E-state index >= 15 is 0 Å². The number of aromatic nitrogens is 2. The standard InChI is InChI=1S/C77H122N26O24S/c1-40(90-65(115)44(17-6-9-25-79)91-59(107)36-88-64(114)48(30-41-14-3-2-4-15-41)96-63(113)43(81)16-5-8-24-78)62(112)95-50(33-60(108)109)70(120)101-54(38-128)72(122)98-51(34-61(110)111)69(119)94-47(19-11-27-87-77(84)85)74(124)103-29-13-21-56(103)75(125)102-28-12-20-55(102)73(123)93-45(18-7-10-26-80)66(116)97-49(31-42-35-86-39-89-42)68(118)100-53(37-104)71(121)92-46(22-23-57(82)105)67(117)99-52(76(126)127)32-58(83)106/h2-4,14-15,35,39-40,43-56,104,128H,5-13,16-34,36-38,78-81H2,1H3,(H2,82,105)(H2,83,106)(H,86,89)(H,88,114)(H,90,115)(H,91,107)(H,92,121)(H,93,123)(H,94,119)(H,95,112)(H,96,113)(H,97,116)(H,98,122)(H,99,117)(H,100,118)(H,101,120)(H,108,109)(H,110,111)(H,126,127)(H4,84,85,87)/t40-,43-,44-,45-,46-,47-,48-,49-,50-,51-,52-,53-,54-,55-,56-/m0/s1. The van der Waals surface area contributed by atoms with Crippen LogP contribution in [0.1, 0.15) is 147 Å². The molecule has 128 heavy (non-hydrogen) atoms. The maximum absolute atomic E-state index is 15.0. The summed E-state index contributed by atoms with van der Waals surface area (Å²) in [7, 11) is 0. The highest BCUT2D eigenvalue weighted by Crippen LogP contribution is 2.27. The van der Waals surface area contributed by atoms with E-state index in [1.165, 1.54) is 17.4 Å². The van der Waals surface area contributed by atoms with E-state index < -0.39 is 272 Å². The third-order valence-electron chi connectivity index (χ3n) is 20.4. The maximum Gasteiger partial charge on any atom is 0.326 e. The number of hydrogen-bond acceptors (Lipinski definition) is 28. The van der Waals surface area contributed by atoms with Crippen molar-refractivity contribution in [3.05, 3.63) is 54.1 Å². The zero-order valence-corrected chi connectivity index (χ0v) is 71.8. The Balaban J connectivity index is 1.51. The number of guanidine groups is 1. The van der Waals surface area contributed by atoms with Crippen molar-refractivity contribution in [3.63, 3.8) is 0 Å². The maximum atomic E-state index is 15.0. The monoisotopic (exact) mass is 1830 g/mol. The number of benzene rings is 1. The molecule has 0 radical (unpaired) electrons. The van der Waals surface area contributed by atoms with Crippen LogP contribution in [0.5, 0.6) is 0 Å². The Morgan fingerprint density at radius 2 is 0.961 bits per heavy atom. The van der Waals surface area contributed by atoms with Crippen LogP contribution < -0.4 is 115 Å². The largest absolute Gasteiger partial charge is 0.481 e. The van der Waals surface area contributed by atoms with Crippen molar-refractivity contribution < 1.29 is 116 Å². The van der Waals surface area contributed by atoms with E-state index in [0.29, 0.717) is 37.8 Å². The van der Waals surface area contributed by atoms with Gasteiger partial charge in [-0.25, -0.2) is 9.78 Å². The van der Waals surface area contributed by atoms with Crippen molar-refractivity contribution in [2.45, 2.75) is 239 Å². The van der Waals surface area contributed by atoms with Crippen LogP contribution in [0.15, 0.2) is 42.9 Å². The Kier molecular flexibility index (Phi) is 47.4. The van der Waals surface area contributed by atoms with Crippen LogP contribution in [0.2, 0.25) is 0 Å². The first kappa shape index (κ1) is 108. The van der Waals surface area contributed by atoms with Gasteiger partial charge in [0.2, 0.25) is 100 Å². The van der Waals surface area contributed by atoms with Crippen molar-refractivity contribution in [1.82, 2.24) is 94.2 Å². The van der Waals surface area contributed by atoms with Crippen LogP contribution in [0.3, 0.4) is 0 Å². The van der Waals surface area contributed by atoms with Gasteiger partial charge in [0.25, 0.3) is 0 Å². The molecule has 3 heterocycles. The molecule has 2 fully saturated rings. The summed E-state index contributed by atoms with van der Waals surface area (Å²) in [6, 6.07) is -15.4. The number of primary amides is 2. The van der Waals surface area contributed by atoms with Gasteiger partial charge in [-0.15, -0.1) is 0 Å². The lowest BCUT2D eigenvalue weighted by Crippen LogP contribution is -2.61. The fourth-order valence-electron chi connectivity index (χ4n) is 13.6. The molecule has 15 atom stereocenters. The molecule has 2 aromatic rings. The van der Waals surface area contributed by atoms with Gasteiger partial charge in [0, 0.05) is 50.8 Å². The molecule has 2 saturated heterocycles. The lowest BCUT2D eigenvalue weighted by atomic mass is 10.0. The number of likely N-dealkylation sites (tertiary alicyclic amines) is 2. The zero-order valence-electron chi connectivity index (χ0n) is 70.9. The molecule has 2 aliphatic rings. The number of thiol groups is 1. The van der Waals surface area contributed by atoms with E-state index in [-0.39, 0.29) is 115 Å². The van der Waals surface area contributed by atoms with Crippen LogP contribution in [0.4, 0.5) is 0 Å². The number of nitrogens with two attached hydrogens (primary N) is 7. The Bertz CT molecular complexity index is 4160. The molecule has 50 nitrogen and oxygen atoms in total. The van der Waals surface area contributed by atoms with Crippen molar-refractivity contribution >= 4 is 137 Å². The predicted molar refractivity (Wildman–Crippen MR) is 455 cm³/mol. The van der Waals surface area contributed by atoms with E-state index in [1.807, 2.05) is 5.32 Å². The summed E-state index contributed by atoms with van der Waals surface area (Å²) in [5, 5.41) is 80.9. The molecule has 2 aliphatic heterocycles. The lowest BCUT2D eigenvalue weighted by molar-refractivity contribution is -0.148. The van der Waals surface area contributed by atoms with Gasteiger partial charge < -0.3 is 150 Å². The van der Waals surface area contributed by atoms with Gasteiger partial charge >= 0.3 is 17.9 Å². The van der Waals surface area contributed by atoms with E-state index in [2.05, 4.69) is 91.7 Å². The fraction of sp³-hybridized carbons (Fsp3) is 0.610. The predicted octanol–water partition coefficient (Wildman–Crippen LogP) is -10.8. The highest BCUT2D eigenvalue weighted by molar-refractivity contribution is 7.80. The average molecular weight is 1830 g/mol. The van der Waals surface area contributed by atoms with E-state index in [9.17, 15) is 116 Å². The Morgan fingerprint density at radius 3 is 1.51 bits per heavy atom. The SMILES string of the molecule is C[C@H](NC(=O)[C@H](CCCCN)NC(=O)CNC(=O)[C@H](Cc1ccccc1)NC(=O)[C@@H](N)CCCCN)C(=O)N[C@@H](CC(=O)O)C(=O)N[C@@H](CS)C(=O)N[C@@H](CC(=O)O)C(=O)N[C@@H](CCCNC(=N)N)C(=O)N1CCC[C@H]1C(=O)N1CCC[C@H]1C(=O)N[C@@H](CCCCN)C(=O)N[C@@H](Cc1c[nH]cn1)C(=O)N[C@@H](CO)C(=O)N[C@@H](CCC(N)=O)C(=O)N[C@@H](CC(N)=O)C(=O)O. The van der Waals surface area contributed by atoms with Crippen LogP contribution in [-0.4, -0.2) is 313 Å². The summed E-state index contributed by atoms with van der Waals surface area (Å²) in [5.41, 5.74) is 39.9. The molecule has 4 rings (SSSR count). The van der Waals surface area contributed by atoms with E-state index in [1.54, 1.807) is 30.3 Å². The first-order chi connectivity index (χ1) is 60.7. The van der Waals surface area contributed by atoms with Crippen LogP contribution in [0, 0.1) is 5.41 Å². The van der Waals surface area contributed by atoms with Gasteiger partial charge in [0.05, 0.1) is 50.5 Å². The Hall–Kier alpha value is -12.7. The number of aliphatic carboxylic acids is 3. The minimum Gasteiger partial charge on any atom is -0.481 e. The van der Waals surface area contributed by atoms with E-state index in [0.717, 1.165) is 11.8 Å². The average Bonchev–Trinajstić information content (AvgIpc) is 1.62. The minimum absolute atomic E-state index is 0.00156. The van der Waals surface area contributed by atoms with Gasteiger partial charge in [-0.05, 0) is 128 Å². The summed E-state index contributed by atoms with van der Waals surface area (Å²) in [6.45, 7) is -0.261. The van der Waals surface area contributed by atoms with Crippen LogP contribution in [0.25, 0.3) is 0 Å². The normalized spacial score (nSPS) is 16.5. The second-order valence-electron chi connectivity index (χ2n) is 30.5. The third-order valence-corrected chi connectivity index (χ3v) is 20.8. The van der Waals surface area contributed by atoms with Gasteiger partial charge in [0.1, 0.15) is 84.6 Å². The number of carboxylic acid groups (broad SMARTS) is 3. The Morgan fingerprint density at radius 1 is 0.492 bits per heavy atom. The van der Waals surface area contributed by atoms with E-state index in [4.69, 9.17) is 45.5 Å². The fourth-order valence-corrected chi connectivity index (χ4v) is 13.8. The topological polar surface area (TPSA) is 832 Å². The molecule has 0 saturated carbocycles. The van der Waals surface area contributed by atoms with Gasteiger partial charge in [-0.2, -0.15) is 12.6 Å². The molecule has 34 N–H and O–H groups in total. The molecular formula is C77H122N26O24S. The highest BCUT2D eigenvalue weighted by atomic mass is 32.1. The number of amides is 17. The van der Waals surface area contributed by atoms with Crippen molar-refractivity contribution in [2.24, 2.45) is 40.1 Å².